The van der Waals surface area contributed by atoms with Crippen molar-refractivity contribution in [3.63, 3.8) is 0 Å². The Kier molecular flexibility index (Phi) is 19.6. The van der Waals surface area contributed by atoms with E-state index >= 15 is 0 Å². The number of rotatable bonds is 4. The van der Waals surface area contributed by atoms with Crippen LogP contribution >= 0.6 is 0 Å². The van der Waals surface area contributed by atoms with Crippen LogP contribution in [0.2, 0.25) is 0 Å². The fraction of sp³-hybridized carbons (Fsp3) is 0. The van der Waals surface area contributed by atoms with Gasteiger partial charge in [0.2, 0.25) is 0 Å². The van der Waals surface area contributed by atoms with E-state index in [1.807, 2.05) is 24.3 Å². The Hall–Kier alpha value is -2.18. The van der Waals surface area contributed by atoms with Crippen LogP contribution in [0, 0.1) is 0 Å². The van der Waals surface area contributed by atoms with Crippen molar-refractivity contribution in [2.24, 2.45) is 0 Å². The van der Waals surface area contributed by atoms with Gasteiger partial charge < -0.3 is 40.2 Å². The number of hydrogen-bond acceptors (Lipinski definition) is 8. The zero-order valence-corrected chi connectivity index (χ0v) is 22.4. The van der Waals surface area contributed by atoms with Gasteiger partial charge in [-0.15, -0.1) is 0 Å². The first-order chi connectivity index (χ1) is 17.2. The molecule has 0 unspecified atom stereocenters. The van der Waals surface area contributed by atoms with Gasteiger partial charge in [-0.1, -0.05) is 121 Å². The predicted octanol–water partition coefficient (Wildman–Crippen LogP) is -2.92. The van der Waals surface area contributed by atoms with Crippen molar-refractivity contribution in [2.45, 2.75) is 0 Å². The second-order valence-corrected chi connectivity index (χ2v) is 7.14. The Morgan fingerprint density at radius 3 is 0.486 bits per heavy atom. The van der Waals surface area contributed by atoms with Crippen LogP contribution in [0.15, 0.2) is 121 Å². The van der Waals surface area contributed by atoms with Crippen molar-refractivity contribution >= 4 is 79.9 Å². The summed E-state index contributed by atoms with van der Waals surface area (Å²) in [6.07, 6.45) is 0. The van der Waals surface area contributed by atoms with Crippen LogP contribution in [0.5, 0.6) is 0 Å². The number of hydrogen-bond donors (Lipinski definition) is 8. The zero-order chi connectivity index (χ0) is 26.8. The molecule has 0 atom stereocenters. The molecule has 0 aliphatic heterocycles. The van der Waals surface area contributed by atoms with Gasteiger partial charge in [-0.05, 0) is 21.9 Å². The smallest absolute Gasteiger partial charge is 0.423 e. The third-order valence-electron chi connectivity index (χ3n) is 4.39. The molecule has 1 radical (unpaired) electrons. The summed E-state index contributed by atoms with van der Waals surface area (Å²) in [5.41, 5.74) is 2.10. The summed E-state index contributed by atoms with van der Waals surface area (Å²) in [4.78, 5) is 0. The molecule has 185 valence electrons. The topological polar surface area (TPSA) is 162 Å². The Bertz CT molecular complexity index is 875. The molecule has 0 fully saturated rings. The van der Waals surface area contributed by atoms with E-state index in [2.05, 4.69) is 0 Å². The van der Waals surface area contributed by atoms with Gasteiger partial charge in [-0.2, -0.15) is 0 Å². The molecule has 8 nitrogen and oxygen atoms in total. The summed E-state index contributed by atoms with van der Waals surface area (Å²) in [7, 11) is -5.37. The molecule has 0 heterocycles. The Morgan fingerprint density at radius 1 is 0.270 bits per heavy atom. The summed E-state index contributed by atoms with van der Waals surface area (Å²) in [6, 6.07) is 34.6. The molecule has 0 aliphatic rings. The van der Waals surface area contributed by atoms with Gasteiger partial charge in [-0.3, -0.25) is 0 Å². The quantitative estimate of drug-likeness (QED) is 0.136. The third kappa shape index (κ3) is 16.3. The standard InChI is InChI=1S/4C6H7BO2.Na/c4*8-7(9)6-4-2-1-3-5-6;/h4*1-5,8-9H;. The minimum absolute atomic E-state index is 0. The molecule has 0 aromatic heterocycles. The second kappa shape index (κ2) is 20.8. The van der Waals surface area contributed by atoms with Crippen LogP contribution in [0.4, 0.5) is 0 Å². The molecule has 37 heavy (non-hydrogen) atoms. The van der Waals surface area contributed by atoms with E-state index in [1.165, 1.54) is 0 Å². The maximum absolute atomic E-state index is 8.58. The molecule has 4 rings (SSSR count). The van der Waals surface area contributed by atoms with Gasteiger partial charge >= 0.3 is 28.5 Å². The normalized spacial score (nSPS) is 8.86. The second-order valence-electron chi connectivity index (χ2n) is 7.14. The van der Waals surface area contributed by atoms with Gasteiger partial charge in [0.1, 0.15) is 0 Å². The Labute approximate surface area is 240 Å². The molecule has 0 amide bonds. The zero-order valence-electron chi connectivity index (χ0n) is 20.4. The Balaban J connectivity index is 0.000000463. The van der Waals surface area contributed by atoms with E-state index in [0.717, 1.165) is 0 Å². The van der Waals surface area contributed by atoms with Gasteiger partial charge in [0.05, 0.1) is 0 Å². The van der Waals surface area contributed by atoms with Crippen molar-refractivity contribution in [1.29, 1.82) is 0 Å². The molecule has 0 bridgehead atoms. The van der Waals surface area contributed by atoms with Crippen molar-refractivity contribution < 1.29 is 40.2 Å². The first-order valence-electron chi connectivity index (χ1n) is 10.9. The molecule has 4 aromatic rings. The molecule has 4 aromatic carbocycles. The SMILES string of the molecule is OB(O)c1ccccc1.OB(O)c1ccccc1.OB(O)c1ccccc1.OB(O)c1ccccc1.[Na]. The maximum atomic E-state index is 8.58. The summed E-state index contributed by atoms with van der Waals surface area (Å²) in [5, 5.41) is 68.6. The fourth-order valence-corrected chi connectivity index (χ4v) is 2.50. The summed E-state index contributed by atoms with van der Waals surface area (Å²) in [5.74, 6) is 0. The minimum Gasteiger partial charge on any atom is -0.423 e. The Morgan fingerprint density at radius 2 is 0.405 bits per heavy atom. The molecule has 0 saturated heterocycles. The van der Waals surface area contributed by atoms with E-state index in [0.29, 0.717) is 21.9 Å². The molecular formula is C24H28B4NaO8. The summed E-state index contributed by atoms with van der Waals surface area (Å²) in [6.45, 7) is 0. The first-order valence-corrected chi connectivity index (χ1v) is 10.9. The molecule has 0 saturated carbocycles. The fourth-order valence-electron chi connectivity index (χ4n) is 2.50. The first kappa shape index (κ1) is 34.8. The van der Waals surface area contributed by atoms with Gasteiger partial charge in [0.15, 0.2) is 0 Å². The maximum Gasteiger partial charge on any atom is 0.488 e. The molecule has 13 heteroatoms. The third-order valence-corrected chi connectivity index (χ3v) is 4.39. The van der Waals surface area contributed by atoms with E-state index in [1.54, 1.807) is 97.1 Å². The van der Waals surface area contributed by atoms with E-state index in [-0.39, 0.29) is 29.6 Å². The van der Waals surface area contributed by atoms with Gasteiger partial charge in [-0.25, -0.2) is 0 Å². The molecule has 0 spiro atoms. The van der Waals surface area contributed by atoms with Crippen LogP contribution in [0.1, 0.15) is 0 Å². The molecule has 0 aliphatic carbocycles. The monoisotopic (exact) mass is 511 g/mol. The molecule has 8 N–H and O–H groups in total. The predicted molar refractivity (Wildman–Crippen MR) is 151 cm³/mol. The minimum atomic E-state index is -1.34. The summed E-state index contributed by atoms with van der Waals surface area (Å²) >= 11 is 0. The molecular weight excluding hydrogens is 482 g/mol. The van der Waals surface area contributed by atoms with E-state index < -0.39 is 28.5 Å². The van der Waals surface area contributed by atoms with Crippen molar-refractivity contribution in [1.82, 2.24) is 0 Å². The van der Waals surface area contributed by atoms with Crippen molar-refractivity contribution in [3.05, 3.63) is 121 Å². The van der Waals surface area contributed by atoms with Crippen molar-refractivity contribution in [2.75, 3.05) is 0 Å². The van der Waals surface area contributed by atoms with Crippen LogP contribution in [0.3, 0.4) is 0 Å². The van der Waals surface area contributed by atoms with Crippen LogP contribution in [-0.2, 0) is 0 Å². The number of benzene rings is 4. The van der Waals surface area contributed by atoms with Gasteiger partial charge in [0, 0.05) is 29.6 Å². The summed E-state index contributed by atoms with van der Waals surface area (Å²) < 4.78 is 0. The van der Waals surface area contributed by atoms with Crippen LogP contribution in [0.25, 0.3) is 0 Å². The van der Waals surface area contributed by atoms with Crippen molar-refractivity contribution in [3.8, 4) is 0 Å². The van der Waals surface area contributed by atoms with Crippen LogP contribution < -0.4 is 21.9 Å². The van der Waals surface area contributed by atoms with E-state index in [9.17, 15) is 0 Å². The van der Waals surface area contributed by atoms with Gasteiger partial charge in [0.25, 0.3) is 0 Å². The average Bonchev–Trinajstić information content (AvgIpc) is 2.92. The average molecular weight is 511 g/mol. The van der Waals surface area contributed by atoms with E-state index in [4.69, 9.17) is 40.2 Å². The largest absolute Gasteiger partial charge is 0.488 e. The van der Waals surface area contributed by atoms with Crippen LogP contribution in [-0.4, -0.2) is 98.2 Å².